The Bertz CT molecular complexity index is 1000. The molecule has 1 amide bonds. The first-order valence-corrected chi connectivity index (χ1v) is 11.3. The van der Waals surface area contributed by atoms with E-state index in [-0.39, 0.29) is 18.0 Å². The molecule has 2 aromatic rings. The highest BCUT2D eigenvalue weighted by molar-refractivity contribution is 8.18. The number of ether oxygens (including phenoxy) is 2. The highest BCUT2D eigenvalue weighted by Crippen LogP contribution is 2.39. The zero-order chi connectivity index (χ0) is 22.5. The Morgan fingerprint density at radius 1 is 1.16 bits per heavy atom. The smallest absolute Gasteiger partial charge is 0.266 e. The van der Waals surface area contributed by atoms with Gasteiger partial charge in [-0.3, -0.25) is 14.7 Å². The monoisotopic (exact) mass is 458 g/mol. The summed E-state index contributed by atoms with van der Waals surface area (Å²) < 4.78 is 11.4. The highest BCUT2D eigenvalue weighted by Gasteiger charge is 2.35. The van der Waals surface area contributed by atoms with Crippen LogP contribution in [0.15, 0.2) is 52.4 Å². The van der Waals surface area contributed by atoms with Crippen LogP contribution in [0.5, 0.6) is 11.5 Å². The number of carbonyl (C=O) groups is 1. The Labute approximate surface area is 193 Å². The van der Waals surface area contributed by atoms with Crippen LogP contribution in [0.2, 0.25) is 5.02 Å². The summed E-state index contributed by atoms with van der Waals surface area (Å²) in [6.45, 7) is 8.34. The Hall–Kier alpha value is -2.44. The summed E-state index contributed by atoms with van der Waals surface area (Å²) in [5.41, 5.74) is 1.80. The molecule has 1 heterocycles. The van der Waals surface area contributed by atoms with Crippen LogP contribution in [0.4, 0.5) is 0 Å². The molecule has 0 bridgehead atoms. The number of rotatable bonds is 7. The number of amidine groups is 1. The number of hydrogen-bond acceptors (Lipinski definition) is 5. The molecule has 1 aliphatic rings. The van der Waals surface area contributed by atoms with E-state index in [1.165, 1.54) is 11.8 Å². The summed E-state index contributed by atoms with van der Waals surface area (Å²) >= 11 is 7.90. The summed E-state index contributed by atoms with van der Waals surface area (Å²) in [4.78, 5) is 19.9. The average Bonchev–Trinajstić information content (AvgIpc) is 3.01. The molecule has 3 rings (SSSR count). The maximum Gasteiger partial charge on any atom is 0.266 e. The van der Waals surface area contributed by atoms with Crippen molar-refractivity contribution < 1.29 is 14.3 Å². The molecule has 0 N–H and O–H groups in total. The van der Waals surface area contributed by atoms with Gasteiger partial charge in [0, 0.05) is 12.1 Å². The van der Waals surface area contributed by atoms with Gasteiger partial charge in [-0.25, -0.2) is 0 Å². The molecule has 0 unspecified atom stereocenters. The summed E-state index contributed by atoms with van der Waals surface area (Å²) in [5.74, 6) is 0.938. The minimum Gasteiger partial charge on any atom is -0.493 e. The third-order valence-corrected chi connectivity index (χ3v) is 5.78. The molecule has 0 atom stereocenters. The van der Waals surface area contributed by atoms with Crippen molar-refractivity contribution in [1.82, 2.24) is 4.90 Å². The fourth-order valence-electron chi connectivity index (χ4n) is 3.10. The molecule has 164 valence electrons. The summed E-state index contributed by atoms with van der Waals surface area (Å²) in [7, 11) is 1.57. The second-order valence-electron chi connectivity index (χ2n) is 7.69. The number of carbonyl (C=O) groups excluding carboxylic acids is 1. The maximum absolute atomic E-state index is 13.0. The van der Waals surface area contributed by atoms with Crippen molar-refractivity contribution in [3.8, 4) is 11.5 Å². The minimum absolute atomic E-state index is 0.0234. The number of halogens is 1. The van der Waals surface area contributed by atoms with Gasteiger partial charge < -0.3 is 9.47 Å². The molecule has 0 aliphatic carbocycles. The predicted octanol–water partition coefficient (Wildman–Crippen LogP) is 6.02. The number of nitrogens with zero attached hydrogens (tertiary/aromatic N) is 2. The first kappa shape index (κ1) is 23.2. The molecule has 0 spiro atoms. The van der Waals surface area contributed by atoms with Gasteiger partial charge in [-0.1, -0.05) is 41.9 Å². The van der Waals surface area contributed by atoms with Gasteiger partial charge in [-0.15, -0.1) is 0 Å². The van der Waals surface area contributed by atoms with Crippen LogP contribution in [0.1, 0.15) is 38.8 Å². The number of methoxy groups -OCH3 is 1. The Balaban J connectivity index is 1.88. The summed E-state index contributed by atoms with van der Waals surface area (Å²) in [5, 5.41) is 1.15. The molecule has 0 aromatic heterocycles. The molecule has 31 heavy (non-hydrogen) atoms. The summed E-state index contributed by atoms with van der Waals surface area (Å²) in [6.07, 6.45) is 1.82. The fourth-order valence-corrected chi connectivity index (χ4v) is 4.60. The third-order valence-electron chi connectivity index (χ3n) is 4.50. The van der Waals surface area contributed by atoms with Gasteiger partial charge in [0.05, 0.1) is 17.0 Å². The van der Waals surface area contributed by atoms with E-state index < -0.39 is 0 Å². The van der Waals surface area contributed by atoms with Crippen LogP contribution in [-0.2, 0) is 11.4 Å². The number of thioether (sulfide) groups is 1. The summed E-state index contributed by atoms with van der Waals surface area (Å²) in [6, 6.07) is 13.6. The number of hydrogen-bond donors (Lipinski definition) is 0. The third kappa shape index (κ3) is 5.63. The quantitative estimate of drug-likeness (QED) is 0.476. The Morgan fingerprint density at radius 3 is 2.48 bits per heavy atom. The van der Waals surface area contributed by atoms with Crippen molar-refractivity contribution in [1.29, 1.82) is 0 Å². The van der Waals surface area contributed by atoms with Gasteiger partial charge in [-0.2, -0.15) is 0 Å². The molecule has 1 aliphatic heterocycles. The van der Waals surface area contributed by atoms with Crippen LogP contribution in [0.25, 0.3) is 6.08 Å². The lowest BCUT2D eigenvalue weighted by molar-refractivity contribution is -0.123. The topological polar surface area (TPSA) is 51.1 Å². The lowest BCUT2D eigenvalue weighted by Gasteiger charge is -2.20. The van der Waals surface area contributed by atoms with Crippen LogP contribution >= 0.6 is 23.4 Å². The number of aliphatic imine (C=N–C) groups is 1. The Kier molecular flexibility index (Phi) is 7.68. The molecule has 1 saturated heterocycles. The van der Waals surface area contributed by atoms with Gasteiger partial charge in [0.2, 0.25) is 0 Å². The zero-order valence-corrected chi connectivity index (χ0v) is 20.0. The predicted molar refractivity (Wildman–Crippen MR) is 129 cm³/mol. The second kappa shape index (κ2) is 10.2. The van der Waals surface area contributed by atoms with Crippen molar-refractivity contribution >= 4 is 40.5 Å². The molecule has 5 nitrogen and oxygen atoms in total. The van der Waals surface area contributed by atoms with Crippen LogP contribution < -0.4 is 9.47 Å². The first-order chi connectivity index (χ1) is 14.8. The number of benzene rings is 2. The van der Waals surface area contributed by atoms with E-state index in [2.05, 4.69) is 4.99 Å². The molecule has 7 heteroatoms. The van der Waals surface area contributed by atoms with Crippen molar-refractivity contribution in [3.05, 3.63) is 63.5 Å². The highest BCUT2D eigenvalue weighted by atomic mass is 35.5. The van der Waals surface area contributed by atoms with E-state index in [1.807, 2.05) is 70.2 Å². The van der Waals surface area contributed by atoms with Crippen LogP contribution in [-0.4, -0.2) is 35.2 Å². The van der Waals surface area contributed by atoms with E-state index in [1.54, 1.807) is 18.1 Å². The van der Waals surface area contributed by atoms with Crippen molar-refractivity contribution in [2.24, 2.45) is 4.99 Å². The molecule has 0 saturated carbocycles. The largest absolute Gasteiger partial charge is 0.493 e. The van der Waals surface area contributed by atoms with Gasteiger partial charge >= 0.3 is 0 Å². The van der Waals surface area contributed by atoms with E-state index >= 15 is 0 Å². The fraction of sp³-hybridized carbons (Fsp3) is 0.333. The Morgan fingerprint density at radius 2 is 1.87 bits per heavy atom. The van der Waals surface area contributed by atoms with Crippen molar-refractivity contribution in [3.63, 3.8) is 0 Å². The molecule has 2 aromatic carbocycles. The first-order valence-electron chi connectivity index (χ1n) is 10.1. The lowest BCUT2D eigenvalue weighted by atomic mass is 10.1. The standard InChI is InChI=1S/C24H27ClN2O3S/c1-15(2)26-24-27(16(3)4)23(28)21(31-24)13-18-11-19(25)22(20(12-18)29-5)30-14-17-9-7-6-8-10-17/h6-13,15-16H,14H2,1-5H3/b21-13+,26-24?. The van der Waals surface area contributed by atoms with Crippen LogP contribution in [0, 0.1) is 0 Å². The van der Waals surface area contributed by atoms with E-state index in [0.717, 1.165) is 16.3 Å². The molecular weight excluding hydrogens is 432 g/mol. The van der Waals surface area contributed by atoms with Crippen molar-refractivity contribution in [2.75, 3.05) is 7.11 Å². The normalized spacial score (nSPS) is 16.8. The second-order valence-corrected chi connectivity index (χ2v) is 9.11. The van der Waals surface area contributed by atoms with Crippen LogP contribution in [0.3, 0.4) is 0 Å². The van der Waals surface area contributed by atoms with Crippen molar-refractivity contribution in [2.45, 2.75) is 46.4 Å². The number of amides is 1. The van der Waals surface area contributed by atoms with E-state index in [0.29, 0.717) is 28.0 Å². The SMILES string of the molecule is COc1cc(/C=C2/SC(=NC(C)C)N(C(C)C)C2=O)cc(Cl)c1OCc1ccccc1. The van der Waals surface area contributed by atoms with E-state index in [9.17, 15) is 4.79 Å². The molecule has 0 radical (unpaired) electrons. The molecule has 1 fully saturated rings. The maximum atomic E-state index is 13.0. The van der Waals surface area contributed by atoms with E-state index in [4.69, 9.17) is 21.1 Å². The van der Waals surface area contributed by atoms with Gasteiger partial charge in [0.25, 0.3) is 5.91 Å². The molecular formula is C24H27ClN2O3S. The lowest BCUT2D eigenvalue weighted by Crippen LogP contribution is -2.35. The minimum atomic E-state index is -0.0566. The zero-order valence-electron chi connectivity index (χ0n) is 18.4. The average molecular weight is 459 g/mol. The van der Waals surface area contributed by atoms with Gasteiger partial charge in [-0.05, 0) is 68.8 Å². The van der Waals surface area contributed by atoms with Gasteiger partial charge in [0.15, 0.2) is 16.7 Å². The van der Waals surface area contributed by atoms with Gasteiger partial charge in [0.1, 0.15) is 6.61 Å².